The highest BCUT2D eigenvalue weighted by Gasteiger charge is 2.50. The van der Waals surface area contributed by atoms with E-state index >= 15 is 0 Å². The maximum Gasteiger partial charge on any atom is 0.160 e. The van der Waals surface area contributed by atoms with E-state index in [-0.39, 0.29) is 0 Å². The van der Waals surface area contributed by atoms with Crippen LogP contribution in [0.1, 0.15) is 22.3 Å². The van der Waals surface area contributed by atoms with Crippen LogP contribution in [-0.4, -0.2) is 19.9 Å². The van der Waals surface area contributed by atoms with Gasteiger partial charge in [-0.1, -0.05) is 140 Å². The topological polar surface area (TPSA) is 51.6 Å². The fraction of sp³-hybridized carbons (Fsp3) is 0.0182. The van der Waals surface area contributed by atoms with Crippen molar-refractivity contribution in [1.29, 1.82) is 0 Å². The summed E-state index contributed by atoms with van der Waals surface area (Å²) in [5.41, 5.74) is 18.2. The molecule has 7 aromatic carbocycles. The summed E-state index contributed by atoms with van der Waals surface area (Å²) in [5, 5.41) is 2.46. The quantitative estimate of drug-likeness (QED) is 0.180. The van der Waals surface area contributed by atoms with Crippen molar-refractivity contribution in [2.24, 2.45) is 0 Å². The van der Waals surface area contributed by atoms with Crippen LogP contribution >= 0.6 is 0 Å². The summed E-state index contributed by atoms with van der Waals surface area (Å²) in [6.07, 6.45) is 5.52. The van der Waals surface area contributed by atoms with Gasteiger partial charge in [-0.25, -0.2) is 9.97 Å². The second-order valence-corrected chi connectivity index (χ2v) is 15.4. The maximum absolute atomic E-state index is 5.34. The van der Waals surface area contributed by atoms with Gasteiger partial charge in [0.2, 0.25) is 0 Å². The molecule has 274 valence electrons. The number of pyridine rings is 2. The lowest BCUT2D eigenvalue weighted by Crippen LogP contribution is -2.29. The lowest BCUT2D eigenvalue weighted by atomic mass is 9.65. The average Bonchev–Trinajstić information content (AvgIpc) is 3.54. The molecule has 0 bridgehead atoms. The molecule has 4 nitrogen and oxygen atoms in total. The van der Waals surface area contributed by atoms with Crippen LogP contribution in [0.25, 0.3) is 89.3 Å². The smallest absolute Gasteiger partial charge is 0.160 e. The molecule has 0 radical (unpaired) electrons. The molecule has 0 saturated carbocycles. The third kappa shape index (κ3) is 5.10. The molecule has 0 fully saturated rings. The van der Waals surface area contributed by atoms with Gasteiger partial charge in [0.25, 0.3) is 0 Å². The molecule has 4 heteroatoms. The van der Waals surface area contributed by atoms with Crippen LogP contribution in [0.5, 0.6) is 0 Å². The van der Waals surface area contributed by atoms with Gasteiger partial charge >= 0.3 is 0 Å². The molecule has 3 aromatic heterocycles. The minimum Gasteiger partial charge on any atom is -0.264 e. The molecular formula is C55H34N4. The zero-order valence-electron chi connectivity index (χ0n) is 31.9. The monoisotopic (exact) mass is 750 g/mol. The van der Waals surface area contributed by atoms with Crippen LogP contribution in [0.15, 0.2) is 207 Å². The van der Waals surface area contributed by atoms with Crippen molar-refractivity contribution in [3.05, 3.63) is 229 Å². The van der Waals surface area contributed by atoms with E-state index in [4.69, 9.17) is 15.0 Å². The van der Waals surface area contributed by atoms with Crippen molar-refractivity contribution in [2.45, 2.75) is 5.41 Å². The van der Waals surface area contributed by atoms with Crippen molar-refractivity contribution in [1.82, 2.24) is 19.9 Å². The normalized spacial score (nSPS) is 14.5. The molecule has 59 heavy (non-hydrogen) atoms. The number of fused-ring (bicyclic) bond motifs is 13. The third-order valence-corrected chi connectivity index (χ3v) is 12.2. The number of hydrogen-bond acceptors (Lipinski definition) is 4. The largest absolute Gasteiger partial charge is 0.264 e. The molecule has 0 N–H and O–H groups in total. The third-order valence-electron chi connectivity index (χ3n) is 12.2. The van der Waals surface area contributed by atoms with E-state index in [0.29, 0.717) is 5.82 Å². The zero-order valence-corrected chi connectivity index (χ0v) is 31.9. The number of aromatic nitrogens is 4. The average molecular weight is 751 g/mol. The van der Waals surface area contributed by atoms with Gasteiger partial charge in [-0.3, -0.25) is 9.97 Å². The molecule has 12 rings (SSSR count). The summed E-state index contributed by atoms with van der Waals surface area (Å²) in [6, 6.07) is 67.9. The van der Waals surface area contributed by atoms with Gasteiger partial charge in [-0.15, -0.1) is 0 Å². The number of nitrogens with zero attached hydrogens (tertiary/aromatic N) is 4. The molecule has 0 aliphatic heterocycles. The molecule has 0 amide bonds. The van der Waals surface area contributed by atoms with Crippen LogP contribution in [0.4, 0.5) is 0 Å². The van der Waals surface area contributed by atoms with Crippen LogP contribution in [-0.2, 0) is 5.41 Å². The second kappa shape index (κ2) is 13.1. The van der Waals surface area contributed by atoms with Crippen LogP contribution < -0.4 is 0 Å². The molecule has 10 aromatic rings. The Balaban J connectivity index is 1.15. The van der Waals surface area contributed by atoms with E-state index in [9.17, 15) is 0 Å². The van der Waals surface area contributed by atoms with Gasteiger partial charge in [0, 0.05) is 40.8 Å². The summed E-state index contributed by atoms with van der Waals surface area (Å²) in [4.78, 5) is 19.8. The molecule has 1 spiro atoms. The second-order valence-electron chi connectivity index (χ2n) is 15.4. The molecule has 0 saturated heterocycles. The Morgan fingerprint density at radius 1 is 0.322 bits per heavy atom. The maximum atomic E-state index is 5.34. The fourth-order valence-corrected chi connectivity index (χ4v) is 9.63. The lowest BCUT2D eigenvalue weighted by molar-refractivity contribution is 0.776. The zero-order chi connectivity index (χ0) is 38.9. The number of rotatable bonds is 4. The van der Waals surface area contributed by atoms with Gasteiger partial charge in [0.1, 0.15) is 0 Å². The fourth-order valence-electron chi connectivity index (χ4n) is 9.63. The van der Waals surface area contributed by atoms with Gasteiger partial charge in [-0.2, -0.15) is 0 Å². The predicted octanol–water partition coefficient (Wildman–Crippen LogP) is 13.1. The Morgan fingerprint density at radius 3 is 1.58 bits per heavy atom. The highest BCUT2D eigenvalue weighted by molar-refractivity contribution is 6.01. The Hall–Kier alpha value is -7.82. The standard InChI is InChI=1S/C55H34N4/c1-2-13-35(14-3-1)52-32-53(40-25-27-51(57-34-40)39-17-12-28-56-33-39)59-54(58-52)38-24-26-45-42-19-7-6-18-41(42)43-20-8-10-22-47(43)55(49(45)31-38)48-23-11-9-21-44(48)46-29-36-15-4-5-16-37(36)30-50(46)55/h1-34H. The Bertz CT molecular complexity index is 3270. The molecule has 1 unspecified atom stereocenters. The SMILES string of the molecule is c1ccc(-c2cc(-c3ccc(-c4cccnc4)nc3)nc(-c3ccc4c(c3)C3(c5ccccc5-c5ccccc5-4)c4ccccc4-c4cc5ccccc5cc43)n2)cc1. The molecule has 3 heterocycles. The van der Waals surface area contributed by atoms with Crippen molar-refractivity contribution in [3.63, 3.8) is 0 Å². The van der Waals surface area contributed by atoms with Gasteiger partial charge < -0.3 is 0 Å². The first-order valence-corrected chi connectivity index (χ1v) is 20.0. The van der Waals surface area contributed by atoms with Crippen molar-refractivity contribution in [3.8, 4) is 78.5 Å². The molecule has 2 aliphatic carbocycles. The van der Waals surface area contributed by atoms with Crippen LogP contribution in [0, 0.1) is 0 Å². The summed E-state index contributed by atoms with van der Waals surface area (Å²) in [5.74, 6) is 0.659. The van der Waals surface area contributed by atoms with E-state index in [1.807, 2.05) is 36.7 Å². The summed E-state index contributed by atoms with van der Waals surface area (Å²) >= 11 is 0. The molecule has 2 aliphatic rings. The first-order chi connectivity index (χ1) is 29.2. The molecule has 1 atom stereocenters. The van der Waals surface area contributed by atoms with E-state index in [2.05, 4.69) is 169 Å². The Kier molecular flexibility index (Phi) is 7.41. The molecular weight excluding hydrogens is 717 g/mol. The summed E-state index contributed by atoms with van der Waals surface area (Å²) in [7, 11) is 0. The van der Waals surface area contributed by atoms with Gasteiger partial charge in [0.15, 0.2) is 5.82 Å². The highest BCUT2D eigenvalue weighted by atomic mass is 14.9. The number of benzene rings is 7. The number of hydrogen-bond donors (Lipinski definition) is 0. The van der Waals surface area contributed by atoms with Crippen LogP contribution in [0.3, 0.4) is 0 Å². The van der Waals surface area contributed by atoms with E-state index in [1.54, 1.807) is 6.20 Å². The first kappa shape index (κ1) is 33.3. The minimum atomic E-state index is -0.636. The van der Waals surface area contributed by atoms with E-state index in [1.165, 1.54) is 66.4 Å². The predicted molar refractivity (Wildman–Crippen MR) is 239 cm³/mol. The first-order valence-electron chi connectivity index (χ1n) is 20.0. The van der Waals surface area contributed by atoms with Gasteiger partial charge in [0.05, 0.1) is 22.5 Å². The summed E-state index contributed by atoms with van der Waals surface area (Å²) in [6.45, 7) is 0. The summed E-state index contributed by atoms with van der Waals surface area (Å²) < 4.78 is 0. The Morgan fingerprint density at radius 2 is 0.881 bits per heavy atom. The van der Waals surface area contributed by atoms with E-state index in [0.717, 1.165) is 39.3 Å². The van der Waals surface area contributed by atoms with Gasteiger partial charge in [-0.05, 0) is 115 Å². The minimum absolute atomic E-state index is 0.636. The van der Waals surface area contributed by atoms with Crippen LogP contribution in [0.2, 0.25) is 0 Å². The highest BCUT2D eigenvalue weighted by Crippen LogP contribution is 2.62. The Labute approximate surface area is 342 Å². The van der Waals surface area contributed by atoms with Crippen molar-refractivity contribution in [2.75, 3.05) is 0 Å². The lowest BCUT2D eigenvalue weighted by Gasteiger charge is -2.35. The van der Waals surface area contributed by atoms with Crippen molar-refractivity contribution >= 4 is 10.8 Å². The van der Waals surface area contributed by atoms with Crippen molar-refractivity contribution < 1.29 is 0 Å². The van der Waals surface area contributed by atoms with E-state index < -0.39 is 5.41 Å².